The molecular formula is C12H21NO. The van der Waals surface area contributed by atoms with Crippen LogP contribution in [0.1, 0.15) is 40.5 Å². The summed E-state index contributed by atoms with van der Waals surface area (Å²) >= 11 is 0. The molecule has 2 nitrogen and oxygen atoms in total. The topological polar surface area (TPSA) is 20.3 Å². The lowest BCUT2D eigenvalue weighted by Crippen LogP contribution is -2.44. The van der Waals surface area contributed by atoms with Crippen molar-refractivity contribution in [3.8, 4) is 0 Å². The Labute approximate surface area is 87.0 Å². The molecule has 0 aliphatic carbocycles. The van der Waals surface area contributed by atoms with Gasteiger partial charge in [0, 0.05) is 18.6 Å². The van der Waals surface area contributed by atoms with Gasteiger partial charge in [0.1, 0.15) is 0 Å². The van der Waals surface area contributed by atoms with Gasteiger partial charge in [0.2, 0.25) is 0 Å². The van der Waals surface area contributed by atoms with Crippen LogP contribution in [0, 0.1) is 0 Å². The second-order valence-corrected chi connectivity index (χ2v) is 5.07. The molecule has 1 aliphatic heterocycles. The second kappa shape index (κ2) is 4.26. The highest BCUT2D eigenvalue weighted by atomic mass is 16.1. The van der Waals surface area contributed by atoms with Crippen LogP contribution >= 0.6 is 0 Å². The maximum Gasteiger partial charge on any atom is 0.152 e. The Balaban J connectivity index is 2.51. The van der Waals surface area contributed by atoms with Crippen LogP contribution in [-0.2, 0) is 4.79 Å². The maximum absolute atomic E-state index is 10.9. The van der Waals surface area contributed by atoms with Gasteiger partial charge in [-0.3, -0.25) is 9.69 Å². The number of allylic oxidation sites excluding steroid dienone is 1. The van der Waals surface area contributed by atoms with E-state index in [4.69, 9.17) is 0 Å². The van der Waals surface area contributed by atoms with Crippen LogP contribution in [0.2, 0.25) is 0 Å². The minimum atomic E-state index is 0.184. The third kappa shape index (κ3) is 3.26. The zero-order chi connectivity index (χ0) is 10.8. The summed E-state index contributed by atoms with van der Waals surface area (Å²) in [5.41, 5.74) is 1.58. The van der Waals surface area contributed by atoms with Gasteiger partial charge in [-0.2, -0.15) is 0 Å². The van der Waals surface area contributed by atoms with E-state index in [1.54, 1.807) is 13.0 Å². The van der Waals surface area contributed by atoms with Crippen LogP contribution in [0.15, 0.2) is 11.6 Å². The van der Waals surface area contributed by atoms with Crippen LogP contribution < -0.4 is 0 Å². The van der Waals surface area contributed by atoms with Crippen molar-refractivity contribution in [2.45, 2.75) is 46.1 Å². The van der Waals surface area contributed by atoms with E-state index in [0.717, 1.165) is 25.9 Å². The van der Waals surface area contributed by atoms with Crippen LogP contribution in [-0.4, -0.2) is 29.3 Å². The van der Waals surface area contributed by atoms with E-state index in [0.29, 0.717) is 0 Å². The SMILES string of the molecule is CC(=O)C=C1CCN(C(C)(C)C)CC1. The molecule has 0 bridgehead atoms. The zero-order valence-corrected chi connectivity index (χ0v) is 9.76. The normalized spacial score (nSPS) is 19.6. The molecule has 1 fully saturated rings. The number of hydrogen-bond acceptors (Lipinski definition) is 2. The summed E-state index contributed by atoms with van der Waals surface area (Å²) in [6.45, 7) is 10.5. The molecule has 0 unspecified atom stereocenters. The minimum absolute atomic E-state index is 0.184. The number of hydrogen-bond donors (Lipinski definition) is 0. The number of ketones is 1. The number of rotatable bonds is 1. The molecule has 2 heteroatoms. The van der Waals surface area contributed by atoms with Crippen LogP contribution in [0.4, 0.5) is 0 Å². The van der Waals surface area contributed by atoms with Gasteiger partial charge < -0.3 is 0 Å². The van der Waals surface area contributed by atoms with E-state index >= 15 is 0 Å². The molecule has 0 atom stereocenters. The number of nitrogens with zero attached hydrogens (tertiary/aromatic N) is 1. The number of carbonyl (C=O) groups excluding carboxylic acids is 1. The van der Waals surface area contributed by atoms with Crippen molar-refractivity contribution in [1.82, 2.24) is 4.90 Å². The molecule has 0 radical (unpaired) electrons. The Hall–Kier alpha value is -0.630. The predicted molar refractivity (Wildman–Crippen MR) is 59.3 cm³/mol. The number of piperidine rings is 1. The third-order valence-electron chi connectivity index (χ3n) is 2.76. The van der Waals surface area contributed by atoms with Crippen molar-refractivity contribution in [3.05, 3.63) is 11.6 Å². The van der Waals surface area contributed by atoms with E-state index in [2.05, 4.69) is 25.7 Å². The summed E-state index contributed by atoms with van der Waals surface area (Å²) in [6, 6.07) is 0. The quantitative estimate of drug-likeness (QED) is 0.599. The van der Waals surface area contributed by atoms with Crippen molar-refractivity contribution >= 4 is 5.78 Å². The van der Waals surface area contributed by atoms with Gasteiger partial charge in [-0.1, -0.05) is 5.57 Å². The van der Waals surface area contributed by atoms with E-state index < -0.39 is 0 Å². The lowest BCUT2D eigenvalue weighted by Gasteiger charge is -2.39. The van der Waals surface area contributed by atoms with E-state index in [1.807, 2.05) is 0 Å². The molecular weight excluding hydrogens is 174 g/mol. The van der Waals surface area contributed by atoms with E-state index in [1.165, 1.54) is 5.57 Å². The molecule has 1 saturated heterocycles. The Morgan fingerprint density at radius 2 is 1.79 bits per heavy atom. The average Bonchev–Trinajstić information content (AvgIpc) is 2.02. The van der Waals surface area contributed by atoms with Gasteiger partial charge in [0.25, 0.3) is 0 Å². The molecule has 0 spiro atoms. The summed E-state index contributed by atoms with van der Waals surface area (Å²) in [5.74, 6) is 0.184. The monoisotopic (exact) mass is 195 g/mol. The summed E-state index contributed by atoms with van der Waals surface area (Å²) in [6.07, 6.45) is 3.91. The van der Waals surface area contributed by atoms with Gasteiger partial charge in [0.15, 0.2) is 5.78 Å². The maximum atomic E-state index is 10.9. The zero-order valence-electron chi connectivity index (χ0n) is 9.76. The Kier molecular flexibility index (Phi) is 3.48. The van der Waals surface area contributed by atoms with E-state index in [9.17, 15) is 4.79 Å². The first-order valence-corrected chi connectivity index (χ1v) is 5.34. The smallest absolute Gasteiger partial charge is 0.152 e. The summed E-state index contributed by atoms with van der Waals surface area (Å²) in [7, 11) is 0. The molecule has 1 aliphatic rings. The van der Waals surface area contributed by atoms with Gasteiger partial charge in [-0.25, -0.2) is 0 Å². The van der Waals surface area contributed by atoms with Gasteiger partial charge in [0.05, 0.1) is 0 Å². The lowest BCUT2D eigenvalue weighted by atomic mass is 9.97. The first kappa shape index (κ1) is 11.4. The first-order valence-electron chi connectivity index (χ1n) is 5.34. The minimum Gasteiger partial charge on any atom is -0.298 e. The fraction of sp³-hybridized carbons (Fsp3) is 0.750. The Morgan fingerprint density at radius 3 is 2.14 bits per heavy atom. The average molecular weight is 195 g/mol. The molecule has 0 saturated carbocycles. The predicted octanol–water partition coefficient (Wildman–Crippen LogP) is 2.40. The number of carbonyl (C=O) groups is 1. The van der Waals surface area contributed by atoms with Crippen LogP contribution in [0.5, 0.6) is 0 Å². The highest BCUT2D eigenvalue weighted by molar-refractivity contribution is 5.87. The van der Waals surface area contributed by atoms with Gasteiger partial charge in [-0.15, -0.1) is 0 Å². The van der Waals surface area contributed by atoms with Crippen molar-refractivity contribution in [1.29, 1.82) is 0 Å². The molecule has 0 N–H and O–H groups in total. The largest absolute Gasteiger partial charge is 0.298 e. The van der Waals surface area contributed by atoms with Crippen molar-refractivity contribution < 1.29 is 4.79 Å². The van der Waals surface area contributed by atoms with Crippen molar-refractivity contribution in [2.75, 3.05) is 13.1 Å². The van der Waals surface area contributed by atoms with Gasteiger partial charge >= 0.3 is 0 Å². The fourth-order valence-corrected chi connectivity index (χ4v) is 1.90. The molecule has 0 amide bonds. The molecule has 1 rings (SSSR count). The highest BCUT2D eigenvalue weighted by Gasteiger charge is 2.24. The summed E-state index contributed by atoms with van der Waals surface area (Å²) in [4.78, 5) is 13.4. The van der Waals surface area contributed by atoms with Crippen molar-refractivity contribution in [2.24, 2.45) is 0 Å². The summed E-state index contributed by atoms with van der Waals surface area (Å²) in [5, 5.41) is 0. The Morgan fingerprint density at radius 1 is 1.29 bits per heavy atom. The van der Waals surface area contributed by atoms with Crippen molar-refractivity contribution in [3.63, 3.8) is 0 Å². The molecule has 0 aromatic rings. The van der Waals surface area contributed by atoms with Crippen LogP contribution in [0.3, 0.4) is 0 Å². The van der Waals surface area contributed by atoms with Gasteiger partial charge in [-0.05, 0) is 46.6 Å². The molecule has 0 aromatic heterocycles. The number of likely N-dealkylation sites (tertiary alicyclic amines) is 1. The standard InChI is InChI=1S/C12H21NO/c1-10(14)9-11-5-7-13(8-6-11)12(2,3)4/h9H,5-8H2,1-4H3. The highest BCUT2D eigenvalue weighted by Crippen LogP contribution is 2.22. The Bertz CT molecular complexity index is 238. The molecule has 14 heavy (non-hydrogen) atoms. The molecule has 80 valence electrons. The lowest BCUT2D eigenvalue weighted by molar-refractivity contribution is -0.112. The molecule has 0 aromatic carbocycles. The summed E-state index contributed by atoms with van der Waals surface area (Å²) < 4.78 is 0. The fourth-order valence-electron chi connectivity index (χ4n) is 1.90. The first-order chi connectivity index (χ1) is 6.39. The van der Waals surface area contributed by atoms with Crippen LogP contribution in [0.25, 0.3) is 0 Å². The van der Waals surface area contributed by atoms with E-state index in [-0.39, 0.29) is 11.3 Å². The second-order valence-electron chi connectivity index (χ2n) is 5.07. The third-order valence-corrected chi connectivity index (χ3v) is 2.76. The molecule has 1 heterocycles.